The molecule has 0 atom stereocenters. The first kappa shape index (κ1) is 24.5. The van der Waals surface area contributed by atoms with Crippen LogP contribution in [0.25, 0.3) is 0 Å². The molecule has 33 heavy (non-hydrogen) atoms. The van der Waals surface area contributed by atoms with Crippen molar-refractivity contribution < 1.29 is 13.2 Å². The molecule has 0 fully saturated rings. The zero-order valence-corrected chi connectivity index (χ0v) is 20.7. The second-order valence-corrected chi connectivity index (χ2v) is 10.9. The number of sulfonamides is 1. The van der Waals surface area contributed by atoms with E-state index >= 15 is 0 Å². The van der Waals surface area contributed by atoms with Crippen molar-refractivity contribution in [3.8, 4) is 0 Å². The van der Waals surface area contributed by atoms with Gasteiger partial charge in [0.1, 0.15) is 0 Å². The van der Waals surface area contributed by atoms with Crippen LogP contribution < -0.4 is 9.62 Å². The number of amides is 1. The summed E-state index contributed by atoms with van der Waals surface area (Å²) >= 11 is 0. The highest BCUT2D eigenvalue weighted by molar-refractivity contribution is 7.92. The highest BCUT2D eigenvalue weighted by atomic mass is 32.2. The zero-order chi connectivity index (χ0) is 24.2. The molecule has 0 unspecified atom stereocenters. The van der Waals surface area contributed by atoms with Gasteiger partial charge in [0.05, 0.1) is 18.5 Å². The first-order valence-corrected chi connectivity index (χ1v) is 12.9. The molecule has 0 saturated heterocycles. The summed E-state index contributed by atoms with van der Waals surface area (Å²) in [4.78, 5) is 13.0. The Morgan fingerprint density at radius 1 is 0.939 bits per heavy atom. The standard InChI is InChI=1S/C27H32N2O3S/c1-19(2)15-23-10-6-7-12-26(23)28-27(30)24-11-8-9-22(17-24)18-29(33(5,31)32)25-14-13-20(3)21(4)16-25/h6-14,16-17,19H,15,18H2,1-5H3,(H,28,30). The van der Waals surface area contributed by atoms with Crippen LogP contribution in [0.15, 0.2) is 66.7 Å². The summed E-state index contributed by atoms with van der Waals surface area (Å²) in [5.41, 5.74) is 5.85. The summed E-state index contributed by atoms with van der Waals surface area (Å²) in [6.45, 7) is 8.38. The summed E-state index contributed by atoms with van der Waals surface area (Å²) in [5, 5.41) is 3.02. The number of anilines is 2. The Hall–Kier alpha value is -3.12. The third kappa shape index (κ3) is 6.45. The number of benzene rings is 3. The highest BCUT2D eigenvalue weighted by Crippen LogP contribution is 2.24. The molecule has 0 aromatic heterocycles. The molecule has 0 aliphatic carbocycles. The minimum atomic E-state index is -3.51. The van der Waals surface area contributed by atoms with Crippen LogP contribution >= 0.6 is 0 Å². The quantitative estimate of drug-likeness (QED) is 0.464. The number of carbonyl (C=O) groups excluding carboxylic acids is 1. The van der Waals surface area contributed by atoms with Crippen molar-refractivity contribution in [3.05, 3.63) is 94.5 Å². The largest absolute Gasteiger partial charge is 0.322 e. The van der Waals surface area contributed by atoms with Gasteiger partial charge in [-0.25, -0.2) is 8.42 Å². The number of carbonyl (C=O) groups is 1. The van der Waals surface area contributed by atoms with Gasteiger partial charge >= 0.3 is 0 Å². The number of nitrogens with one attached hydrogen (secondary N) is 1. The SMILES string of the molecule is Cc1ccc(N(Cc2cccc(C(=O)Nc3ccccc3CC(C)C)c2)S(C)(=O)=O)cc1C. The molecule has 1 amide bonds. The van der Waals surface area contributed by atoms with Crippen molar-refractivity contribution in [2.45, 2.75) is 40.7 Å². The fourth-order valence-electron chi connectivity index (χ4n) is 3.71. The Labute approximate surface area is 197 Å². The van der Waals surface area contributed by atoms with Crippen LogP contribution in [0, 0.1) is 19.8 Å². The molecule has 0 aliphatic rings. The average Bonchev–Trinajstić information content (AvgIpc) is 2.74. The van der Waals surface area contributed by atoms with Crippen LogP contribution in [0.4, 0.5) is 11.4 Å². The molecule has 0 spiro atoms. The van der Waals surface area contributed by atoms with Gasteiger partial charge in [0, 0.05) is 11.3 Å². The Balaban J connectivity index is 1.85. The molecule has 6 heteroatoms. The summed E-state index contributed by atoms with van der Waals surface area (Å²) in [6, 6.07) is 20.5. The van der Waals surface area contributed by atoms with E-state index in [4.69, 9.17) is 0 Å². The molecule has 5 nitrogen and oxygen atoms in total. The summed E-state index contributed by atoms with van der Waals surface area (Å²) < 4.78 is 26.5. The number of para-hydroxylation sites is 1. The monoisotopic (exact) mass is 464 g/mol. The minimum Gasteiger partial charge on any atom is -0.322 e. The molecule has 1 N–H and O–H groups in total. The second kappa shape index (κ2) is 10.2. The van der Waals surface area contributed by atoms with Crippen molar-refractivity contribution in [1.29, 1.82) is 0 Å². The predicted molar refractivity (Wildman–Crippen MR) is 136 cm³/mol. The Kier molecular flexibility index (Phi) is 7.59. The molecule has 0 radical (unpaired) electrons. The van der Waals surface area contributed by atoms with E-state index in [1.54, 1.807) is 18.2 Å². The lowest BCUT2D eigenvalue weighted by atomic mass is 10.0. The van der Waals surface area contributed by atoms with Crippen molar-refractivity contribution in [2.75, 3.05) is 15.9 Å². The molecule has 0 bridgehead atoms. The third-order valence-electron chi connectivity index (χ3n) is 5.59. The lowest BCUT2D eigenvalue weighted by Gasteiger charge is -2.23. The maximum atomic E-state index is 13.0. The average molecular weight is 465 g/mol. The Bertz CT molecular complexity index is 1250. The lowest BCUT2D eigenvalue weighted by molar-refractivity contribution is 0.102. The first-order chi connectivity index (χ1) is 15.5. The zero-order valence-electron chi connectivity index (χ0n) is 19.9. The van der Waals surface area contributed by atoms with E-state index in [1.807, 2.05) is 62.4 Å². The molecule has 3 aromatic rings. The maximum absolute atomic E-state index is 13.0. The molecule has 0 aliphatic heterocycles. The van der Waals surface area contributed by atoms with Gasteiger partial charge < -0.3 is 5.32 Å². The van der Waals surface area contributed by atoms with Gasteiger partial charge in [-0.1, -0.05) is 50.2 Å². The first-order valence-electron chi connectivity index (χ1n) is 11.1. The maximum Gasteiger partial charge on any atom is 0.255 e. The van der Waals surface area contributed by atoms with E-state index in [2.05, 4.69) is 19.2 Å². The Morgan fingerprint density at radius 3 is 2.33 bits per heavy atom. The van der Waals surface area contributed by atoms with Crippen LogP contribution in [-0.2, 0) is 23.0 Å². The molecule has 0 heterocycles. The van der Waals surface area contributed by atoms with E-state index in [9.17, 15) is 13.2 Å². The smallest absolute Gasteiger partial charge is 0.255 e. The lowest BCUT2D eigenvalue weighted by Crippen LogP contribution is -2.29. The van der Waals surface area contributed by atoms with E-state index in [1.165, 1.54) is 10.6 Å². The minimum absolute atomic E-state index is 0.145. The summed E-state index contributed by atoms with van der Waals surface area (Å²) in [7, 11) is -3.51. The molecular formula is C27H32N2O3S. The van der Waals surface area contributed by atoms with Gasteiger partial charge in [-0.15, -0.1) is 0 Å². The summed E-state index contributed by atoms with van der Waals surface area (Å²) in [5.74, 6) is 0.254. The normalized spacial score (nSPS) is 11.5. The highest BCUT2D eigenvalue weighted by Gasteiger charge is 2.19. The van der Waals surface area contributed by atoms with E-state index in [0.717, 1.165) is 34.4 Å². The number of nitrogens with zero attached hydrogens (tertiary/aromatic N) is 1. The Morgan fingerprint density at radius 2 is 1.67 bits per heavy atom. The van der Waals surface area contributed by atoms with Gasteiger partial charge in [-0.3, -0.25) is 9.10 Å². The van der Waals surface area contributed by atoms with Crippen molar-refractivity contribution in [2.24, 2.45) is 5.92 Å². The fraction of sp³-hybridized carbons (Fsp3) is 0.296. The second-order valence-electron chi connectivity index (χ2n) is 8.95. The number of rotatable bonds is 8. The number of aryl methyl sites for hydroxylation is 2. The van der Waals surface area contributed by atoms with Crippen molar-refractivity contribution in [1.82, 2.24) is 0 Å². The molecule has 174 valence electrons. The van der Waals surface area contributed by atoms with E-state index < -0.39 is 10.0 Å². The molecular weight excluding hydrogens is 432 g/mol. The summed E-state index contributed by atoms with van der Waals surface area (Å²) in [6.07, 6.45) is 2.07. The molecule has 3 rings (SSSR count). The van der Waals surface area contributed by atoms with Gasteiger partial charge in [-0.05, 0) is 78.8 Å². The molecule has 3 aromatic carbocycles. The third-order valence-corrected chi connectivity index (χ3v) is 6.73. The number of hydrogen-bond acceptors (Lipinski definition) is 3. The van der Waals surface area contributed by atoms with E-state index in [0.29, 0.717) is 17.2 Å². The van der Waals surface area contributed by atoms with Gasteiger partial charge in [0.25, 0.3) is 5.91 Å². The molecule has 0 saturated carbocycles. The van der Waals surface area contributed by atoms with E-state index in [-0.39, 0.29) is 12.5 Å². The van der Waals surface area contributed by atoms with Gasteiger partial charge in [0.15, 0.2) is 0 Å². The predicted octanol–water partition coefficient (Wildman–Crippen LogP) is 5.72. The van der Waals surface area contributed by atoms with Crippen LogP contribution in [0.1, 0.15) is 46.5 Å². The van der Waals surface area contributed by atoms with Crippen LogP contribution in [0.3, 0.4) is 0 Å². The fourth-order valence-corrected chi connectivity index (χ4v) is 4.59. The number of hydrogen-bond donors (Lipinski definition) is 1. The topological polar surface area (TPSA) is 66.5 Å². The van der Waals surface area contributed by atoms with Crippen molar-refractivity contribution in [3.63, 3.8) is 0 Å². The van der Waals surface area contributed by atoms with Crippen molar-refractivity contribution >= 4 is 27.3 Å². The van der Waals surface area contributed by atoms with Crippen LogP contribution in [0.5, 0.6) is 0 Å². The van der Waals surface area contributed by atoms with Gasteiger partial charge in [0.2, 0.25) is 10.0 Å². The van der Waals surface area contributed by atoms with Crippen LogP contribution in [-0.4, -0.2) is 20.6 Å². The van der Waals surface area contributed by atoms with Gasteiger partial charge in [-0.2, -0.15) is 0 Å². The van der Waals surface area contributed by atoms with Crippen LogP contribution in [0.2, 0.25) is 0 Å².